The van der Waals surface area contributed by atoms with Crippen LogP contribution in [0.2, 0.25) is 0 Å². The first-order valence-corrected chi connectivity index (χ1v) is 13.6. The number of fused-ring (bicyclic) bond motifs is 9. The second kappa shape index (κ2) is 7.05. The topological polar surface area (TPSA) is 13.1 Å². The maximum Gasteiger partial charge on any atom is 0.143 e. The molecular weight excluding hydrogens is 460 g/mol. The van der Waals surface area contributed by atoms with Gasteiger partial charge in [-0.25, -0.2) is 0 Å². The molecule has 0 saturated carbocycles. The van der Waals surface area contributed by atoms with E-state index >= 15 is 0 Å². The molecule has 184 valence electrons. The number of hydrogen-bond donors (Lipinski definition) is 0. The van der Waals surface area contributed by atoms with E-state index in [1.807, 2.05) is 6.07 Å². The van der Waals surface area contributed by atoms with Gasteiger partial charge < -0.3 is 4.42 Å². The summed E-state index contributed by atoms with van der Waals surface area (Å²) in [4.78, 5) is 0. The van der Waals surface area contributed by atoms with Crippen molar-refractivity contribution in [2.45, 2.75) is 45.4 Å². The van der Waals surface area contributed by atoms with Crippen molar-refractivity contribution in [3.05, 3.63) is 119 Å². The largest absolute Gasteiger partial charge is 0.455 e. The highest BCUT2D eigenvalue weighted by Gasteiger charge is 2.42. The lowest BCUT2D eigenvalue weighted by molar-refractivity contribution is 0.651. The molecule has 1 heteroatoms. The van der Waals surface area contributed by atoms with Crippen LogP contribution in [0.1, 0.15) is 55.5 Å². The van der Waals surface area contributed by atoms with Crippen molar-refractivity contribution < 1.29 is 4.42 Å². The molecule has 0 amide bonds. The average Bonchev–Trinajstić information content (AvgIpc) is 3.48. The van der Waals surface area contributed by atoms with E-state index in [0.717, 1.165) is 11.2 Å². The molecule has 0 spiro atoms. The normalized spacial score (nSPS) is 15.9. The van der Waals surface area contributed by atoms with Crippen molar-refractivity contribution in [1.82, 2.24) is 0 Å². The van der Waals surface area contributed by atoms with E-state index < -0.39 is 0 Å². The molecule has 2 aliphatic rings. The molecule has 0 unspecified atom stereocenters. The fourth-order valence-electron chi connectivity index (χ4n) is 7.40. The number of rotatable bonds is 1. The third kappa shape index (κ3) is 2.62. The Morgan fingerprint density at radius 2 is 1.11 bits per heavy atom. The number of hydrogen-bond acceptors (Lipinski definition) is 1. The summed E-state index contributed by atoms with van der Waals surface area (Å²) in [5, 5.41) is 2.35. The smallest absolute Gasteiger partial charge is 0.143 e. The highest BCUT2D eigenvalue weighted by atomic mass is 16.3. The van der Waals surface area contributed by atoms with Crippen LogP contribution >= 0.6 is 0 Å². The Kier molecular flexibility index (Phi) is 4.07. The van der Waals surface area contributed by atoms with Crippen LogP contribution in [0.15, 0.2) is 95.4 Å². The highest BCUT2D eigenvalue weighted by Crippen LogP contribution is 2.58. The van der Waals surface area contributed by atoms with Crippen molar-refractivity contribution in [3.63, 3.8) is 0 Å². The Balaban J connectivity index is 1.39. The lowest BCUT2D eigenvalue weighted by Crippen LogP contribution is -2.17. The van der Waals surface area contributed by atoms with Gasteiger partial charge in [-0.15, -0.1) is 0 Å². The Morgan fingerprint density at radius 3 is 1.92 bits per heavy atom. The summed E-state index contributed by atoms with van der Waals surface area (Å²) in [5.41, 5.74) is 16.7. The van der Waals surface area contributed by atoms with E-state index in [-0.39, 0.29) is 10.8 Å². The third-order valence-electron chi connectivity index (χ3n) is 9.32. The first-order valence-electron chi connectivity index (χ1n) is 13.6. The van der Waals surface area contributed by atoms with Crippen LogP contribution in [0.4, 0.5) is 0 Å². The van der Waals surface area contributed by atoms with Crippen LogP contribution in [0.25, 0.3) is 55.3 Å². The molecule has 5 aromatic carbocycles. The van der Waals surface area contributed by atoms with Gasteiger partial charge in [0.15, 0.2) is 0 Å². The predicted molar refractivity (Wildman–Crippen MR) is 159 cm³/mol. The van der Waals surface area contributed by atoms with Crippen molar-refractivity contribution >= 4 is 21.9 Å². The van der Waals surface area contributed by atoms with Crippen LogP contribution < -0.4 is 0 Å². The minimum absolute atomic E-state index is 0.0178. The SMILES string of the molecule is Cc1ccc2c(c1)C(C)(C)c1cc3c(cc1-2)C(C)(C)c1c-3cccc1-c1cccc2c1oc1ccccc12. The Hall–Kier alpha value is -4.10. The van der Waals surface area contributed by atoms with Gasteiger partial charge >= 0.3 is 0 Å². The van der Waals surface area contributed by atoms with Crippen LogP contribution in [0.3, 0.4) is 0 Å². The first-order chi connectivity index (χ1) is 18.3. The molecule has 0 saturated heterocycles. The summed E-state index contributed by atoms with van der Waals surface area (Å²) in [5.74, 6) is 0. The lowest BCUT2D eigenvalue weighted by atomic mass is 9.77. The summed E-state index contributed by atoms with van der Waals surface area (Å²) < 4.78 is 6.48. The van der Waals surface area contributed by atoms with Crippen molar-refractivity contribution in [3.8, 4) is 33.4 Å². The fraction of sp³-hybridized carbons (Fsp3) is 0.189. The van der Waals surface area contributed by atoms with Crippen LogP contribution in [0.5, 0.6) is 0 Å². The van der Waals surface area contributed by atoms with Gasteiger partial charge in [-0.3, -0.25) is 0 Å². The summed E-state index contributed by atoms with van der Waals surface area (Å²) in [6.07, 6.45) is 0. The van der Waals surface area contributed by atoms with Crippen LogP contribution in [-0.2, 0) is 10.8 Å². The second-order valence-electron chi connectivity index (χ2n) is 12.3. The van der Waals surface area contributed by atoms with Crippen LogP contribution in [0, 0.1) is 6.92 Å². The molecule has 0 N–H and O–H groups in total. The molecule has 8 rings (SSSR count). The summed E-state index contributed by atoms with van der Waals surface area (Å²) in [7, 11) is 0. The average molecular weight is 491 g/mol. The molecule has 2 aliphatic carbocycles. The molecule has 1 nitrogen and oxygen atoms in total. The summed E-state index contributed by atoms with van der Waals surface area (Å²) >= 11 is 0. The monoisotopic (exact) mass is 490 g/mol. The lowest BCUT2D eigenvalue weighted by Gasteiger charge is -2.25. The Morgan fingerprint density at radius 1 is 0.500 bits per heavy atom. The highest BCUT2D eigenvalue weighted by molar-refractivity contribution is 6.10. The first kappa shape index (κ1) is 21.9. The molecule has 0 radical (unpaired) electrons. The van der Waals surface area contributed by atoms with Crippen molar-refractivity contribution in [1.29, 1.82) is 0 Å². The van der Waals surface area contributed by atoms with Crippen molar-refractivity contribution in [2.75, 3.05) is 0 Å². The van der Waals surface area contributed by atoms with E-state index in [0.29, 0.717) is 0 Å². The maximum absolute atomic E-state index is 6.48. The molecule has 0 fully saturated rings. The molecule has 38 heavy (non-hydrogen) atoms. The van der Waals surface area contributed by atoms with Gasteiger partial charge in [0.25, 0.3) is 0 Å². The standard InChI is InChI=1S/C37H30O/c1-21-16-17-22-28-19-32-29(20-31(28)36(2,3)30(22)18-21)25-12-8-11-24(34(25)37(32,4)5)27-14-9-13-26-23-10-6-7-15-33(23)38-35(26)27/h6-20H,1-5H3. The van der Waals surface area contributed by atoms with E-state index in [1.54, 1.807) is 0 Å². The zero-order valence-electron chi connectivity index (χ0n) is 22.6. The molecular formula is C37H30O. The van der Waals surface area contributed by atoms with Crippen LogP contribution in [-0.4, -0.2) is 0 Å². The summed E-state index contributed by atoms with van der Waals surface area (Å²) in [6.45, 7) is 11.7. The fourth-order valence-corrected chi connectivity index (χ4v) is 7.40. The van der Waals surface area contributed by atoms with E-state index in [9.17, 15) is 0 Å². The minimum Gasteiger partial charge on any atom is -0.455 e. The maximum atomic E-state index is 6.48. The van der Waals surface area contributed by atoms with E-state index in [1.165, 1.54) is 72.0 Å². The summed E-state index contributed by atoms with van der Waals surface area (Å²) in [6, 6.07) is 33.7. The third-order valence-corrected chi connectivity index (χ3v) is 9.32. The minimum atomic E-state index is -0.137. The molecule has 1 aromatic heterocycles. The van der Waals surface area contributed by atoms with Gasteiger partial charge in [0, 0.05) is 27.2 Å². The van der Waals surface area contributed by atoms with Gasteiger partial charge in [-0.1, -0.05) is 106 Å². The van der Waals surface area contributed by atoms with E-state index in [2.05, 4.69) is 120 Å². The number of aryl methyl sites for hydroxylation is 1. The van der Waals surface area contributed by atoms with Crippen molar-refractivity contribution in [2.24, 2.45) is 0 Å². The molecule has 1 heterocycles. The predicted octanol–water partition coefficient (Wildman–Crippen LogP) is 10.2. The zero-order chi connectivity index (χ0) is 26.0. The zero-order valence-corrected chi connectivity index (χ0v) is 22.6. The number of benzene rings is 5. The van der Waals surface area contributed by atoms with Gasteiger partial charge in [0.05, 0.1) is 0 Å². The van der Waals surface area contributed by atoms with Gasteiger partial charge in [-0.2, -0.15) is 0 Å². The van der Waals surface area contributed by atoms with Gasteiger partial charge in [0.1, 0.15) is 11.2 Å². The van der Waals surface area contributed by atoms with Gasteiger partial charge in [-0.05, 0) is 75.2 Å². The second-order valence-corrected chi connectivity index (χ2v) is 12.3. The number of para-hydroxylation sites is 2. The van der Waals surface area contributed by atoms with E-state index in [4.69, 9.17) is 4.42 Å². The quantitative estimate of drug-likeness (QED) is 0.223. The molecule has 0 aliphatic heterocycles. The molecule has 0 atom stereocenters. The Bertz CT molecular complexity index is 1980. The Labute approximate surface area is 223 Å². The molecule has 6 aromatic rings. The number of furan rings is 1. The van der Waals surface area contributed by atoms with Gasteiger partial charge in [0.2, 0.25) is 0 Å². The molecule has 0 bridgehead atoms.